The average molecular weight is 419 g/mol. The van der Waals surface area contributed by atoms with Gasteiger partial charge in [0.2, 0.25) is 0 Å². The molecule has 7 heteroatoms. The van der Waals surface area contributed by atoms with E-state index in [0.717, 1.165) is 16.9 Å². The van der Waals surface area contributed by atoms with Crippen LogP contribution >= 0.6 is 24.6 Å². The number of halogens is 2. The van der Waals surface area contributed by atoms with E-state index in [1.807, 2.05) is 23.2 Å². The van der Waals surface area contributed by atoms with E-state index in [9.17, 15) is 4.39 Å². The lowest BCUT2D eigenvalue weighted by molar-refractivity contribution is 0.628. The van der Waals surface area contributed by atoms with Crippen molar-refractivity contribution in [1.82, 2.24) is 14.9 Å². The molecule has 0 aliphatic carbocycles. The van der Waals surface area contributed by atoms with Gasteiger partial charge in [0.1, 0.15) is 5.82 Å². The van der Waals surface area contributed by atoms with Gasteiger partial charge in [0.05, 0.1) is 17.8 Å². The normalized spacial score (nSPS) is 10.4. The zero-order chi connectivity index (χ0) is 19.6. The molecule has 4 nitrogen and oxygen atoms in total. The van der Waals surface area contributed by atoms with Gasteiger partial charge in [-0.05, 0) is 62.0 Å². The first-order chi connectivity index (χ1) is 13.0. The summed E-state index contributed by atoms with van der Waals surface area (Å²) in [7, 11) is 1.78. The largest absolute Gasteiger partial charge is 0.365 e. The van der Waals surface area contributed by atoms with Gasteiger partial charge >= 0.3 is 0 Å². The molecule has 0 unspecified atom stereocenters. The van der Waals surface area contributed by atoms with Crippen LogP contribution < -0.4 is 10.2 Å². The van der Waals surface area contributed by atoms with Gasteiger partial charge in [-0.15, -0.1) is 19.0 Å². The smallest absolute Gasteiger partial charge is 0.173 e. The number of allylic oxidation sites excluding steroid dienone is 1. The minimum Gasteiger partial charge on any atom is -0.365 e. The summed E-state index contributed by atoms with van der Waals surface area (Å²) in [6, 6.07) is 8.35. The average Bonchev–Trinajstić information content (AvgIpc) is 2.92. The minimum atomic E-state index is -0.277. The van der Waals surface area contributed by atoms with Crippen LogP contribution in [0.4, 0.5) is 10.1 Å². The van der Waals surface area contributed by atoms with Crippen molar-refractivity contribution in [2.24, 2.45) is 0 Å². The minimum absolute atomic E-state index is 0. The standard InChI is InChI=1S/C21H23FN4S.ClH/c1-5-12-25-15(3)14(2)18-10-11-24-19(20(18)25)13-26(21(27)23-4)17-8-6-16(22)7-9-17;/h5-11H,1,12-13H2,2-4H3,(H,23,27);1H. The summed E-state index contributed by atoms with van der Waals surface area (Å²) in [4.78, 5) is 6.57. The Bertz CT molecular complexity index is 998. The first-order valence-corrected chi connectivity index (χ1v) is 9.17. The molecule has 1 aromatic carbocycles. The van der Waals surface area contributed by atoms with Crippen LogP contribution in [0.1, 0.15) is 17.0 Å². The van der Waals surface area contributed by atoms with Crippen molar-refractivity contribution in [3.63, 3.8) is 0 Å². The van der Waals surface area contributed by atoms with Crippen LogP contribution in [-0.2, 0) is 13.1 Å². The second-order valence-corrected chi connectivity index (χ2v) is 6.77. The summed E-state index contributed by atoms with van der Waals surface area (Å²) in [5, 5.41) is 4.74. The van der Waals surface area contributed by atoms with E-state index in [4.69, 9.17) is 12.2 Å². The number of nitrogens with one attached hydrogen (secondary N) is 1. The van der Waals surface area contributed by atoms with E-state index in [1.54, 1.807) is 19.2 Å². The zero-order valence-electron chi connectivity index (χ0n) is 16.2. The maximum atomic E-state index is 13.4. The summed E-state index contributed by atoms with van der Waals surface area (Å²) < 4.78 is 15.6. The summed E-state index contributed by atoms with van der Waals surface area (Å²) >= 11 is 5.50. The molecule has 2 aromatic heterocycles. The zero-order valence-corrected chi connectivity index (χ0v) is 17.8. The van der Waals surface area contributed by atoms with Crippen molar-refractivity contribution in [1.29, 1.82) is 0 Å². The third-order valence-corrected chi connectivity index (χ3v) is 5.26. The molecule has 148 valence electrons. The van der Waals surface area contributed by atoms with Crippen molar-refractivity contribution in [2.45, 2.75) is 26.9 Å². The fourth-order valence-corrected chi connectivity index (χ4v) is 3.50. The summed E-state index contributed by atoms with van der Waals surface area (Å²) in [6.45, 7) is 9.30. The van der Waals surface area contributed by atoms with Crippen LogP contribution in [-0.4, -0.2) is 21.7 Å². The van der Waals surface area contributed by atoms with E-state index in [2.05, 4.69) is 35.3 Å². The molecule has 0 aliphatic heterocycles. The number of thiocarbonyl (C=S) groups is 1. The van der Waals surface area contributed by atoms with Crippen LogP contribution in [0.3, 0.4) is 0 Å². The molecule has 0 aliphatic rings. The SMILES string of the molecule is C=CCn1c(C)c(C)c2ccnc(CN(C(=S)NC)c3ccc(F)cc3)c21.Cl. The molecule has 28 heavy (non-hydrogen) atoms. The number of nitrogens with zero attached hydrogens (tertiary/aromatic N) is 3. The van der Waals surface area contributed by atoms with E-state index in [1.165, 1.54) is 28.8 Å². The fraction of sp³-hybridized carbons (Fsp3) is 0.238. The number of fused-ring (bicyclic) bond motifs is 1. The van der Waals surface area contributed by atoms with Crippen LogP contribution in [0.2, 0.25) is 0 Å². The second-order valence-electron chi connectivity index (χ2n) is 6.38. The number of hydrogen-bond acceptors (Lipinski definition) is 2. The molecular formula is C21H24ClFN4S. The van der Waals surface area contributed by atoms with Crippen LogP contribution in [0.5, 0.6) is 0 Å². The monoisotopic (exact) mass is 418 g/mol. The van der Waals surface area contributed by atoms with Gasteiger partial charge in [0, 0.05) is 36.6 Å². The van der Waals surface area contributed by atoms with Gasteiger partial charge in [0.15, 0.2) is 5.11 Å². The lowest BCUT2D eigenvalue weighted by Crippen LogP contribution is -2.37. The highest BCUT2D eigenvalue weighted by Crippen LogP contribution is 2.29. The van der Waals surface area contributed by atoms with Gasteiger partial charge in [0.25, 0.3) is 0 Å². The van der Waals surface area contributed by atoms with E-state index >= 15 is 0 Å². The Kier molecular flexibility index (Phi) is 7.16. The third-order valence-electron chi connectivity index (χ3n) is 4.84. The highest BCUT2D eigenvalue weighted by molar-refractivity contribution is 7.80. The second kappa shape index (κ2) is 9.17. The van der Waals surface area contributed by atoms with Gasteiger partial charge in [-0.2, -0.15) is 0 Å². The molecule has 0 fully saturated rings. The molecule has 0 bridgehead atoms. The highest BCUT2D eigenvalue weighted by Gasteiger charge is 2.19. The first-order valence-electron chi connectivity index (χ1n) is 8.77. The van der Waals surface area contributed by atoms with Crippen molar-refractivity contribution >= 4 is 46.3 Å². The molecule has 1 N–H and O–H groups in total. The Balaban J connectivity index is 0.00000280. The molecule has 3 aromatic rings. The molecule has 0 radical (unpaired) electrons. The van der Waals surface area contributed by atoms with Gasteiger partial charge in [-0.3, -0.25) is 4.98 Å². The third kappa shape index (κ3) is 4.03. The van der Waals surface area contributed by atoms with Crippen molar-refractivity contribution < 1.29 is 4.39 Å². The molecule has 0 saturated carbocycles. The van der Waals surface area contributed by atoms with Crippen LogP contribution in [0, 0.1) is 19.7 Å². The van der Waals surface area contributed by atoms with Crippen molar-refractivity contribution in [2.75, 3.05) is 11.9 Å². The van der Waals surface area contributed by atoms with Gasteiger partial charge in [-0.25, -0.2) is 4.39 Å². The first kappa shape index (κ1) is 21.9. The van der Waals surface area contributed by atoms with Crippen LogP contribution in [0.15, 0.2) is 49.2 Å². The Labute approximate surface area is 176 Å². The molecule has 0 amide bonds. The number of rotatable bonds is 5. The Morgan fingerprint density at radius 1 is 1.29 bits per heavy atom. The lowest BCUT2D eigenvalue weighted by atomic mass is 10.1. The Morgan fingerprint density at radius 3 is 2.57 bits per heavy atom. The van der Waals surface area contributed by atoms with Crippen molar-refractivity contribution in [3.05, 3.63) is 72.0 Å². The number of aryl methyl sites for hydroxylation is 1. The van der Waals surface area contributed by atoms with E-state index < -0.39 is 0 Å². The predicted octanol–water partition coefficient (Wildman–Crippen LogP) is 4.91. The molecule has 0 spiro atoms. The van der Waals surface area contributed by atoms with E-state index in [0.29, 0.717) is 18.2 Å². The molecule has 0 atom stereocenters. The van der Waals surface area contributed by atoms with Gasteiger partial charge < -0.3 is 14.8 Å². The maximum absolute atomic E-state index is 13.4. The molecule has 3 rings (SSSR count). The Morgan fingerprint density at radius 2 is 1.96 bits per heavy atom. The van der Waals surface area contributed by atoms with E-state index in [-0.39, 0.29) is 18.2 Å². The quantitative estimate of drug-likeness (QED) is 0.471. The Hall–Kier alpha value is -2.44. The fourth-order valence-electron chi connectivity index (χ4n) is 3.33. The lowest BCUT2D eigenvalue weighted by Gasteiger charge is -2.25. The number of pyridine rings is 1. The number of hydrogen-bond donors (Lipinski definition) is 1. The summed E-state index contributed by atoms with van der Waals surface area (Å²) in [5.74, 6) is -0.277. The highest BCUT2D eigenvalue weighted by atomic mass is 35.5. The van der Waals surface area contributed by atoms with Gasteiger partial charge in [-0.1, -0.05) is 6.08 Å². The molecule has 0 saturated heterocycles. The number of anilines is 1. The number of benzene rings is 1. The van der Waals surface area contributed by atoms with Crippen LogP contribution in [0.25, 0.3) is 10.9 Å². The summed E-state index contributed by atoms with van der Waals surface area (Å²) in [6.07, 6.45) is 3.71. The topological polar surface area (TPSA) is 33.1 Å². The van der Waals surface area contributed by atoms with Crippen molar-refractivity contribution in [3.8, 4) is 0 Å². The number of aromatic nitrogens is 2. The molecular weight excluding hydrogens is 395 g/mol. The predicted molar refractivity (Wildman–Crippen MR) is 121 cm³/mol. The molecule has 2 heterocycles. The summed E-state index contributed by atoms with van der Waals surface area (Å²) in [5.41, 5.74) is 5.24. The maximum Gasteiger partial charge on any atom is 0.173 e.